The molecule has 2 aromatic rings. The van der Waals surface area contributed by atoms with Gasteiger partial charge in [-0.15, -0.1) is 0 Å². The van der Waals surface area contributed by atoms with Gasteiger partial charge in [-0.25, -0.2) is 0 Å². The molecule has 1 N–H and O–H groups in total. The molecule has 1 aliphatic heterocycles. The van der Waals surface area contributed by atoms with Gasteiger partial charge in [0.15, 0.2) is 0 Å². The average molecular weight is 274 g/mol. The predicted molar refractivity (Wildman–Crippen MR) is 71.5 cm³/mol. The Bertz CT molecular complexity index is 715. The molecule has 1 aliphatic rings. The van der Waals surface area contributed by atoms with Gasteiger partial charge in [0, 0.05) is 19.5 Å². The Morgan fingerprint density at radius 3 is 2.65 bits per heavy atom. The molecule has 2 heterocycles. The first-order chi connectivity index (χ1) is 9.56. The van der Waals surface area contributed by atoms with Gasteiger partial charge in [0.2, 0.25) is 5.72 Å². The first kappa shape index (κ1) is 12.8. The summed E-state index contributed by atoms with van der Waals surface area (Å²) in [4.78, 5) is 26.3. The number of ether oxygens (including phenoxy) is 1. The van der Waals surface area contributed by atoms with Crippen LogP contribution in [-0.4, -0.2) is 52.9 Å². The summed E-state index contributed by atoms with van der Waals surface area (Å²) in [5, 5.41) is 10.4. The van der Waals surface area contributed by atoms with Crippen molar-refractivity contribution in [2.75, 3.05) is 20.8 Å². The van der Waals surface area contributed by atoms with E-state index >= 15 is 0 Å². The molecule has 0 unspecified atom stereocenters. The number of fused-ring (bicyclic) bond motifs is 3. The van der Waals surface area contributed by atoms with E-state index in [9.17, 15) is 14.7 Å². The van der Waals surface area contributed by atoms with Gasteiger partial charge in [-0.1, -0.05) is 18.2 Å². The number of nitrogens with zero attached hydrogens (tertiary/aromatic N) is 2. The lowest BCUT2D eigenvalue weighted by molar-refractivity contribution is -0.112. The lowest BCUT2D eigenvalue weighted by Crippen LogP contribution is -2.64. The summed E-state index contributed by atoms with van der Waals surface area (Å²) < 4.78 is 6.50. The smallest absolute Gasteiger partial charge is 0.287 e. The third-order valence-electron chi connectivity index (χ3n) is 3.87. The lowest BCUT2D eigenvalue weighted by atomic mass is 10.1. The van der Waals surface area contributed by atoms with E-state index in [1.54, 1.807) is 18.2 Å². The summed E-state index contributed by atoms with van der Waals surface area (Å²) in [6, 6.07) is 8.88. The van der Waals surface area contributed by atoms with E-state index in [1.165, 1.54) is 18.7 Å². The molecular weight excluding hydrogens is 260 g/mol. The van der Waals surface area contributed by atoms with E-state index in [1.807, 2.05) is 12.1 Å². The summed E-state index contributed by atoms with van der Waals surface area (Å²) in [7, 11) is 2.75. The highest BCUT2D eigenvalue weighted by Gasteiger charge is 2.51. The average Bonchev–Trinajstić information content (AvgIpc) is 2.86. The van der Waals surface area contributed by atoms with E-state index in [0.29, 0.717) is 5.52 Å². The Balaban J connectivity index is 2.35. The van der Waals surface area contributed by atoms with Gasteiger partial charge in [-0.3, -0.25) is 14.2 Å². The topological polar surface area (TPSA) is 71.8 Å². The van der Waals surface area contributed by atoms with Crippen LogP contribution >= 0.6 is 0 Å². The second-order valence-corrected chi connectivity index (χ2v) is 4.74. The van der Waals surface area contributed by atoms with Gasteiger partial charge >= 0.3 is 0 Å². The molecule has 3 rings (SSSR count). The normalized spacial score (nSPS) is 22.4. The summed E-state index contributed by atoms with van der Waals surface area (Å²) in [5.74, 6) is -0.836. The van der Waals surface area contributed by atoms with E-state index in [-0.39, 0.29) is 11.6 Å². The maximum absolute atomic E-state index is 12.7. The van der Waals surface area contributed by atoms with Crippen molar-refractivity contribution in [3.63, 3.8) is 0 Å². The van der Waals surface area contributed by atoms with Gasteiger partial charge in [-0.2, -0.15) is 0 Å². The number of aliphatic hydroxyl groups excluding tert-OH is 1. The number of hydrogen-bond acceptors (Lipinski definition) is 4. The van der Waals surface area contributed by atoms with Crippen LogP contribution in [0, 0.1) is 0 Å². The number of aliphatic hydroxyl groups is 1. The van der Waals surface area contributed by atoms with Crippen LogP contribution in [0.5, 0.6) is 0 Å². The highest BCUT2D eigenvalue weighted by molar-refractivity contribution is 6.11. The monoisotopic (exact) mass is 274 g/mol. The SMILES string of the molecule is CO[C@]1(CO)C(=O)n2c(cc3ccccc32)C(=O)N1C. The fourth-order valence-electron chi connectivity index (χ4n) is 2.65. The number of carbonyl (C=O) groups excluding carboxylic acids is 2. The third-order valence-corrected chi connectivity index (χ3v) is 3.87. The molecule has 0 aliphatic carbocycles. The Morgan fingerprint density at radius 2 is 2.00 bits per heavy atom. The molecule has 0 radical (unpaired) electrons. The molecule has 0 spiro atoms. The zero-order valence-electron chi connectivity index (χ0n) is 11.2. The minimum Gasteiger partial charge on any atom is -0.391 e. The number of hydrogen-bond donors (Lipinski definition) is 1. The number of carbonyl (C=O) groups is 2. The van der Waals surface area contributed by atoms with Crippen molar-refractivity contribution < 1.29 is 19.4 Å². The quantitative estimate of drug-likeness (QED) is 0.875. The van der Waals surface area contributed by atoms with Crippen molar-refractivity contribution in [3.05, 3.63) is 36.0 Å². The first-order valence-corrected chi connectivity index (χ1v) is 6.16. The number of likely N-dealkylation sites (N-methyl/N-ethyl adjacent to an activating group) is 1. The van der Waals surface area contributed by atoms with E-state index < -0.39 is 18.2 Å². The van der Waals surface area contributed by atoms with E-state index in [0.717, 1.165) is 10.3 Å². The third kappa shape index (κ3) is 1.35. The van der Waals surface area contributed by atoms with Crippen LogP contribution in [0.25, 0.3) is 10.9 Å². The number of amides is 1. The molecule has 0 saturated heterocycles. The van der Waals surface area contributed by atoms with Gasteiger partial charge in [-0.05, 0) is 12.1 Å². The minimum absolute atomic E-state index is 0.278. The Labute approximate surface area is 115 Å². The van der Waals surface area contributed by atoms with E-state index in [4.69, 9.17) is 4.74 Å². The molecule has 6 heteroatoms. The van der Waals surface area contributed by atoms with Crippen LogP contribution in [0.3, 0.4) is 0 Å². The van der Waals surface area contributed by atoms with Crippen molar-refractivity contribution in [2.45, 2.75) is 5.72 Å². The first-order valence-electron chi connectivity index (χ1n) is 6.16. The molecule has 1 aromatic carbocycles. The number of rotatable bonds is 2. The molecule has 0 bridgehead atoms. The molecule has 1 amide bonds. The number of aromatic nitrogens is 1. The lowest BCUT2D eigenvalue weighted by Gasteiger charge is -2.41. The Morgan fingerprint density at radius 1 is 1.30 bits per heavy atom. The van der Waals surface area contributed by atoms with Crippen molar-refractivity contribution >= 4 is 22.7 Å². The maximum atomic E-state index is 12.7. The molecule has 1 atom stereocenters. The van der Waals surface area contributed by atoms with Crippen molar-refractivity contribution in [1.29, 1.82) is 0 Å². The van der Waals surface area contributed by atoms with Gasteiger partial charge in [0.05, 0.1) is 5.52 Å². The van der Waals surface area contributed by atoms with Crippen molar-refractivity contribution in [2.24, 2.45) is 0 Å². The van der Waals surface area contributed by atoms with Crippen molar-refractivity contribution in [1.82, 2.24) is 9.47 Å². The number of para-hydroxylation sites is 1. The van der Waals surface area contributed by atoms with Crippen LogP contribution in [0.4, 0.5) is 0 Å². The van der Waals surface area contributed by atoms with Gasteiger partial charge in [0.25, 0.3) is 11.8 Å². The fraction of sp³-hybridized carbons (Fsp3) is 0.286. The number of methoxy groups -OCH3 is 1. The van der Waals surface area contributed by atoms with Gasteiger partial charge in [0.1, 0.15) is 12.3 Å². The highest BCUT2D eigenvalue weighted by Crippen LogP contribution is 2.31. The molecule has 1 aromatic heterocycles. The van der Waals surface area contributed by atoms with Crippen LogP contribution in [0.15, 0.2) is 30.3 Å². The Hall–Kier alpha value is -2.18. The second kappa shape index (κ2) is 4.16. The molecule has 20 heavy (non-hydrogen) atoms. The van der Waals surface area contributed by atoms with E-state index in [2.05, 4.69) is 0 Å². The summed E-state index contributed by atoms with van der Waals surface area (Å²) in [6.45, 7) is -0.601. The van der Waals surface area contributed by atoms with Gasteiger partial charge < -0.3 is 14.7 Å². The molecule has 6 nitrogen and oxygen atoms in total. The van der Waals surface area contributed by atoms with Crippen LogP contribution in [0.1, 0.15) is 15.3 Å². The van der Waals surface area contributed by atoms with Crippen LogP contribution in [-0.2, 0) is 4.74 Å². The second-order valence-electron chi connectivity index (χ2n) is 4.74. The molecule has 0 saturated carbocycles. The zero-order valence-corrected chi connectivity index (χ0v) is 11.2. The Kier molecular flexibility index (Phi) is 2.67. The summed E-state index contributed by atoms with van der Waals surface area (Å²) in [5.41, 5.74) is -0.769. The summed E-state index contributed by atoms with van der Waals surface area (Å²) in [6.07, 6.45) is 0. The maximum Gasteiger partial charge on any atom is 0.287 e. The predicted octanol–water partition coefficient (Wildman–Crippen LogP) is 0.702. The largest absolute Gasteiger partial charge is 0.391 e. The van der Waals surface area contributed by atoms with Crippen LogP contribution < -0.4 is 0 Å². The molecular formula is C14H14N2O4. The minimum atomic E-state index is -1.67. The molecule has 0 fully saturated rings. The molecule has 104 valence electrons. The number of benzene rings is 1. The standard InChI is InChI=1S/C14H14N2O4/c1-15-12(18)11-7-9-5-3-4-6-10(9)16(11)13(19)14(15,8-17)20-2/h3-7,17H,8H2,1-2H3/t14-/m1/s1. The van der Waals surface area contributed by atoms with Crippen molar-refractivity contribution in [3.8, 4) is 0 Å². The van der Waals surface area contributed by atoms with Crippen LogP contribution in [0.2, 0.25) is 0 Å². The highest BCUT2D eigenvalue weighted by atomic mass is 16.5. The summed E-state index contributed by atoms with van der Waals surface area (Å²) >= 11 is 0. The fourth-order valence-corrected chi connectivity index (χ4v) is 2.65. The zero-order chi connectivity index (χ0) is 14.5.